The van der Waals surface area contributed by atoms with Crippen molar-refractivity contribution in [2.45, 2.75) is 27.2 Å². The van der Waals surface area contributed by atoms with E-state index in [1.54, 1.807) is 6.08 Å². The molecule has 2 N–H and O–H groups in total. The number of carbonyl (C=O) groups is 1. The highest BCUT2D eigenvalue weighted by molar-refractivity contribution is 7.16. The Balaban J connectivity index is 1.83. The number of anilines is 1. The molecule has 134 valence electrons. The standard InChI is InChI=1S/C20H21N3O2S/c1-12(2)10-15-11-26-20-18(15)19(25)22-17(23-20)9-6-14-4-7-16(8-5-14)21-13(3)24/h4-9,11-12H,10H2,1-3H3,(H,21,24)(H,22,23,25). The highest BCUT2D eigenvalue weighted by atomic mass is 32.1. The third-order valence-electron chi connectivity index (χ3n) is 3.83. The molecule has 3 aromatic rings. The Bertz CT molecular complexity index is 1010. The molecule has 0 fully saturated rings. The Morgan fingerprint density at radius 3 is 2.65 bits per heavy atom. The van der Waals surface area contributed by atoms with E-state index in [-0.39, 0.29) is 11.5 Å². The summed E-state index contributed by atoms with van der Waals surface area (Å²) in [6.45, 7) is 5.75. The first-order valence-corrected chi connectivity index (χ1v) is 9.36. The molecule has 0 saturated carbocycles. The number of benzene rings is 1. The maximum Gasteiger partial charge on any atom is 0.260 e. The van der Waals surface area contributed by atoms with E-state index in [4.69, 9.17) is 0 Å². The molecule has 1 amide bonds. The predicted octanol–water partition coefficient (Wildman–Crippen LogP) is 4.31. The zero-order valence-electron chi connectivity index (χ0n) is 15.0. The normalized spacial score (nSPS) is 11.5. The van der Waals surface area contributed by atoms with Gasteiger partial charge in [-0.2, -0.15) is 0 Å². The summed E-state index contributed by atoms with van der Waals surface area (Å²) in [7, 11) is 0. The Morgan fingerprint density at radius 2 is 2.00 bits per heavy atom. The Hall–Kier alpha value is -2.73. The van der Waals surface area contributed by atoms with E-state index in [1.165, 1.54) is 18.3 Å². The van der Waals surface area contributed by atoms with Gasteiger partial charge in [0.1, 0.15) is 10.7 Å². The molecule has 0 unspecified atom stereocenters. The van der Waals surface area contributed by atoms with E-state index in [0.717, 1.165) is 28.1 Å². The molecule has 0 aliphatic rings. The Labute approximate surface area is 155 Å². The number of nitrogens with one attached hydrogen (secondary N) is 2. The zero-order chi connectivity index (χ0) is 18.7. The maximum absolute atomic E-state index is 12.5. The van der Waals surface area contributed by atoms with Crippen LogP contribution in [0.5, 0.6) is 0 Å². The number of carbonyl (C=O) groups excluding carboxylic acids is 1. The summed E-state index contributed by atoms with van der Waals surface area (Å²) in [5.41, 5.74) is 2.68. The number of hydrogen-bond donors (Lipinski definition) is 2. The molecule has 0 saturated heterocycles. The molecule has 6 heteroatoms. The van der Waals surface area contributed by atoms with E-state index in [2.05, 4.69) is 29.1 Å². The summed E-state index contributed by atoms with van der Waals surface area (Å²) >= 11 is 1.51. The van der Waals surface area contributed by atoms with Crippen LogP contribution < -0.4 is 10.9 Å². The van der Waals surface area contributed by atoms with Crippen molar-refractivity contribution in [1.29, 1.82) is 0 Å². The van der Waals surface area contributed by atoms with Gasteiger partial charge in [0.15, 0.2) is 0 Å². The van der Waals surface area contributed by atoms with Crippen molar-refractivity contribution in [3.05, 3.63) is 57.0 Å². The monoisotopic (exact) mass is 367 g/mol. The van der Waals surface area contributed by atoms with Gasteiger partial charge in [-0.25, -0.2) is 4.98 Å². The molecule has 0 radical (unpaired) electrons. The van der Waals surface area contributed by atoms with Gasteiger partial charge < -0.3 is 10.3 Å². The molecule has 0 aliphatic carbocycles. The van der Waals surface area contributed by atoms with Crippen molar-refractivity contribution in [2.75, 3.05) is 5.32 Å². The molecule has 0 aliphatic heterocycles. The average molecular weight is 367 g/mol. The van der Waals surface area contributed by atoms with Crippen LogP contribution in [0.25, 0.3) is 22.4 Å². The van der Waals surface area contributed by atoms with Crippen molar-refractivity contribution in [3.63, 3.8) is 0 Å². The fourth-order valence-electron chi connectivity index (χ4n) is 2.75. The van der Waals surface area contributed by atoms with Gasteiger partial charge in [-0.1, -0.05) is 32.1 Å². The van der Waals surface area contributed by atoms with Gasteiger partial charge in [0, 0.05) is 12.6 Å². The number of H-pyrrole nitrogens is 1. The first-order chi connectivity index (χ1) is 12.4. The lowest BCUT2D eigenvalue weighted by Crippen LogP contribution is -2.10. The number of thiophene rings is 1. The smallest absolute Gasteiger partial charge is 0.260 e. The van der Waals surface area contributed by atoms with E-state index in [0.29, 0.717) is 17.1 Å². The van der Waals surface area contributed by atoms with Crippen LogP contribution in [0.15, 0.2) is 34.4 Å². The minimum absolute atomic E-state index is 0.0902. The third kappa shape index (κ3) is 4.26. The van der Waals surface area contributed by atoms with E-state index >= 15 is 0 Å². The van der Waals surface area contributed by atoms with Crippen LogP contribution in [-0.2, 0) is 11.2 Å². The fourth-order valence-corrected chi connectivity index (χ4v) is 3.71. The Morgan fingerprint density at radius 1 is 1.27 bits per heavy atom. The summed E-state index contributed by atoms with van der Waals surface area (Å²) in [6, 6.07) is 7.45. The van der Waals surface area contributed by atoms with Crippen LogP contribution >= 0.6 is 11.3 Å². The minimum atomic E-state index is -0.101. The van der Waals surface area contributed by atoms with Gasteiger partial charge in [0.2, 0.25) is 5.91 Å². The topological polar surface area (TPSA) is 74.8 Å². The first kappa shape index (κ1) is 18.1. The second-order valence-electron chi connectivity index (χ2n) is 6.63. The predicted molar refractivity (Wildman–Crippen MR) is 108 cm³/mol. The lowest BCUT2D eigenvalue weighted by Gasteiger charge is -2.03. The second-order valence-corrected chi connectivity index (χ2v) is 7.48. The number of amides is 1. The average Bonchev–Trinajstić information content (AvgIpc) is 2.96. The van der Waals surface area contributed by atoms with E-state index < -0.39 is 0 Å². The minimum Gasteiger partial charge on any atom is -0.326 e. The van der Waals surface area contributed by atoms with Crippen LogP contribution in [-0.4, -0.2) is 15.9 Å². The molecule has 26 heavy (non-hydrogen) atoms. The van der Waals surface area contributed by atoms with Crippen molar-refractivity contribution in [2.24, 2.45) is 5.92 Å². The van der Waals surface area contributed by atoms with Gasteiger partial charge >= 0.3 is 0 Å². The lowest BCUT2D eigenvalue weighted by molar-refractivity contribution is -0.114. The molecular weight excluding hydrogens is 346 g/mol. The van der Waals surface area contributed by atoms with Crippen molar-refractivity contribution >= 4 is 45.3 Å². The summed E-state index contributed by atoms with van der Waals surface area (Å²) in [4.78, 5) is 31.7. The molecule has 2 aromatic heterocycles. The highest BCUT2D eigenvalue weighted by Gasteiger charge is 2.11. The van der Waals surface area contributed by atoms with Gasteiger partial charge in [-0.05, 0) is 47.1 Å². The van der Waals surface area contributed by atoms with Crippen LogP contribution in [0.4, 0.5) is 5.69 Å². The van der Waals surface area contributed by atoms with E-state index in [1.807, 2.05) is 35.7 Å². The first-order valence-electron chi connectivity index (χ1n) is 8.48. The number of rotatable bonds is 5. The summed E-state index contributed by atoms with van der Waals surface area (Å²) < 4.78 is 0. The maximum atomic E-state index is 12.5. The van der Waals surface area contributed by atoms with Crippen molar-refractivity contribution in [3.8, 4) is 0 Å². The molecule has 3 rings (SSSR count). The number of aromatic amines is 1. The summed E-state index contributed by atoms with van der Waals surface area (Å²) in [5.74, 6) is 0.926. The van der Waals surface area contributed by atoms with Crippen LogP contribution in [0, 0.1) is 5.92 Å². The number of nitrogens with zero attached hydrogens (tertiary/aromatic N) is 1. The lowest BCUT2D eigenvalue weighted by atomic mass is 10.0. The molecular formula is C20H21N3O2S. The van der Waals surface area contributed by atoms with E-state index in [9.17, 15) is 9.59 Å². The van der Waals surface area contributed by atoms with Crippen LogP contribution in [0.3, 0.4) is 0 Å². The zero-order valence-corrected chi connectivity index (χ0v) is 15.8. The summed E-state index contributed by atoms with van der Waals surface area (Å²) in [6.07, 6.45) is 4.54. The quantitative estimate of drug-likeness (QED) is 0.705. The molecule has 0 atom stereocenters. The fraction of sp³-hybridized carbons (Fsp3) is 0.250. The highest BCUT2D eigenvalue weighted by Crippen LogP contribution is 2.23. The second kappa shape index (κ2) is 7.66. The molecule has 0 spiro atoms. The van der Waals surface area contributed by atoms with Crippen molar-refractivity contribution in [1.82, 2.24) is 9.97 Å². The molecule has 2 heterocycles. The Kier molecular flexibility index (Phi) is 5.32. The summed E-state index contributed by atoms with van der Waals surface area (Å²) in [5, 5.41) is 5.47. The largest absolute Gasteiger partial charge is 0.326 e. The third-order valence-corrected chi connectivity index (χ3v) is 4.75. The van der Waals surface area contributed by atoms with Crippen LogP contribution in [0.2, 0.25) is 0 Å². The van der Waals surface area contributed by atoms with Crippen molar-refractivity contribution < 1.29 is 4.79 Å². The number of aromatic nitrogens is 2. The SMILES string of the molecule is CC(=O)Nc1ccc(C=Cc2nc3scc(CC(C)C)c3c(=O)[nH]2)cc1. The van der Waals surface area contributed by atoms with Gasteiger partial charge in [0.05, 0.1) is 5.39 Å². The van der Waals surface area contributed by atoms with Gasteiger partial charge in [-0.3, -0.25) is 9.59 Å². The number of fused-ring (bicyclic) bond motifs is 1. The molecule has 0 bridgehead atoms. The van der Waals surface area contributed by atoms with Gasteiger partial charge in [-0.15, -0.1) is 11.3 Å². The molecule has 1 aromatic carbocycles. The number of hydrogen-bond acceptors (Lipinski definition) is 4. The molecule has 5 nitrogen and oxygen atoms in total. The van der Waals surface area contributed by atoms with Crippen LogP contribution in [0.1, 0.15) is 37.7 Å². The van der Waals surface area contributed by atoms with Gasteiger partial charge in [0.25, 0.3) is 5.56 Å².